The van der Waals surface area contributed by atoms with Gasteiger partial charge in [-0.3, -0.25) is 0 Å². The Morgan fingerprint density at radius 2 is 1.86 bits per heavy atom. The van der Waals surface area contributed by atoms with Crippen molar-refractivity contribution in [3.05, 3.63) is 28.7 Å². The molecule has 0 saturated heterocycles. The van der Waals surface area contributed by atoms with Crippen LogP contribution in [0, 0.1) is 0 Å². The number of rotatable bonds is 4. The monoisotopic (exact) mass is 264 g/mol. The summed E-state index contributed by atoms with van der Waals surface area (Å²) in [4.78, 5) is 0. The fraction of sp³-hybridized carbons (Fsp3) is 0.400. The van der Waals surface area contributed by atoms with Crippen molar-refractivity contribution >= 4 is 15.9 Å². The molecule has 0 saturated carbocycles. The first-order chi connectivity index (χ1) is 6.63. The quantitative estimate of drug-likeness (QED) is 0.802. The summed E-state index contributed by atoms with van der Waals surface area (Å²) in [6, 6.07) is 6.84. The Hall–Kier alpha value is -0.640. The Labute approximate surface area is 90.2 Å². The second-order valence-corrected chi connectivity index (χ2v) is 3.77. The van der Waals surface area contributed by atoms with Crippen molar-refractivity contribution < 1.29 is 13.5 Å². The van der Waals surface area contributed by atoms with Gasteiger partial charge in [0.05, 0.1) is 0 Å². The summed E-state index contributed by atoms with van der Waals surface area (Å²) in [7, 11) is 0. The number of alkyl halides is 2. The molecule has 0 N–H and O–H groups in total. The predicted molar refractivity (Wildman–Crippen MR) is 54.9 cm³/mol. The molecular formula is C10H11BrF2O. The zero-order chi connectivity index (χ0) is 10.6. The summed E-state index contributed by atoms with van der Waals surface area (Å²) in [5.41, 5.74) is 0. The van der Waals surface area contributed by atoms with Crippen molar-refractivity contribution in [3.8, 4) is 5.75 Å². The van der Waals surface area contributed by atoms with Crippen LogP contribution in [0.3, 0.4) is 0 Å². The molecule has 1 unspecified atom stereocenters. The van der Waals surface area contributed by atoms with Gasteiger partial charge in [0.1, 0.15) is 5.75 Å². The Balaban J connectivity index is 2.63. The van der Waals surface area contributed by atoms with Crippen molar-refractivity contribution in [1.29, 1.82) is 0 Å². The molecule has 14 heavy (non-hydrogen) atoms. The first-order valence-corrected chi connectivity index (χ1v) is 5.13. The molecule has 0 spiro atoms. The summed E-state index contributed by atoms with van der Waals surface area (Å²) in [5.74, 6) is 0.473. The van der Waals surface area contributed by atoms with E-state index in [0.717, 1.165) is 4.47 Å². The standard InChI is InChI=1S/C10H11BrF2O/c1-2-9(10(12)13)14-8-5-3-7(11)4-6-8/h3-6,9-10H,2H2,1H3. The lowest BCUT2D eigenvalue weighted by Crippen LogP contribution is -2.24. The Morgan fingerprint density at radius 1 is 1.29 bits per heavy atom. The predicted octanol–water partition coefficient (Wildman–Crippen LogP) is 3.87. The topological polar surface area (TPSA) is 9.23 Å². The zero-order valence-electron chi connectivity index (χ0n) is 7.71. The molecule has 1 atom stereocenters. The van der Waals surface area contributed by atoms with E-state index >= 15 is 0 Å². The molecular weight excluding hydrogens is 254 g/mol. The molecule has 0 fully saturated rings. The maximum absolute atomic E-state index is 12.3. The molecule has 1 aromatic carbocycles. The SMILES string of the molecule is CCC(Oc1ccc(Br)cc1)C(F)F. The van der Waals surface area contributed by atoms with Gasteiger partial charge >= 0.3 is 0 Å². The molecule has 0 heterocycles. The van der Waals surface area contributed by atoms with Gasteiger partial charge in [-0.2, -0.15) is 0 Å². The lowest BCUT2D eigenvalue weighted by Gasteiger charge is -2.16. The van der Waals surface area contributed by atoms with Gasteiger partial charge in [-0.05, 0) is 30.7 Å². The smallest absolute Gasteiger partial charge is 0.274 e. The van der Waals surface area contributed by atoms with Gasteiger partial charge < -0.3 is 4.74 Å². The Kier molecular flexibility index (Phi) is 4.32. The number of ether oxygens (including phenoxy) is 1. The van der Waals surface area contributed by atoms with Gasteiger partial charge in [0.2, 0.25) is 0 Å². The van der Waals surface area contributed by atoms with Crippen LogP contribution in [0.1, 0.15) is 13.3 Å². The van der Waals surface area contributed by atoms with E-state index in [-0.39, 0.29) is 0 Å². The third-order valence-corrected chi connectivity index (χ3v) is 2.31. The zero-order valence-corrected chi connectivity index (χ0v) is 9.30. The molecule has 78 valence electrons. The highest BCUT2D eigenvalue weighted by Gasteiger charge is 2.19. The van der Waals surface area contributed by atoms with Crippen molar-refractivity contribution in [2.24, 2.45) is 0 Å². The molecule has 0 aliphatic carbocycles. The van der Waals surface area contributed by atoms with Crippen LogP contribution >= 0.6 is 15.9 Å². The fourth-order valence-corrected chi connectivity index (χ4v) is 1.27. The van der Waals surface area contributed by atoms with Crippen LogP contribution in [-0.4, -0.2) is 12.5 Å². The van der Waals surface area contributed by atoms with E-state index in [9.17, 15) is 8.78 Å². The first-order valence-electron chi connectivity index (χ1n) is 4.34. The Morgan fingerprint density at radius 3 is 2.29 bits per heavy atom. The summed E-state index contributed by atoms with van der Waals surface area (Å²) in [6.07, 6.45) is -3.16. The maximum Gasteiger partial charge on any atom is 0.274 e. The summed E-state index contributed by atoms with van der Waals surface area (Å²) in [5, 5.41) is 0. The van der Waals surface area contributed by atoms with Crippen LogP contribution in [0.15, 0.2) is 28.7 Å². The van der Waals surface area contributed by atoms with Gasteiger partial charge in [-0.15, -0.1) is 0 Å². The molecule has 1 nitrogen and oxygen atoms in total. The van der Waals surface area contributed by atoms with Crippen molar-refractivity contribution in [1.82, 2.24) is 0 Å². The number of benzene rings is 1. The van der Waals surface area contributed by atoms with Crippen LogP contribution in [-0.2, 0) is 0 Å². The average Bonchev–Trinajstić information content (AvgIpc) is 2.16. The summed E-state index contributed by atoms with van der Waals surface area (Å²) in [6.45, 7) is 1.68. The van der Waals surface area contributed by atoms with E-state index in [2.05, 4.69) is 15.9 Å². The van der Waals surface area contributed by atoms with Crippen LogP contribution in [0.2, 0.25) is 0 Å². The van der Waals surface area contributed by atoms with Gasteiger partial charge in [0.25, 0.3) is 6.43 Å². The van der Waals surface area contributed by atoms with Crippen LogP contribution in [0.4, 0.5) is 8.78 Å². The highest BCUT2D eigenvalue weighted by Crippen LogP contribution is 2.20. The minimum atomic E-state index is -2.44. The van der Waals surface area contributed by atoms with Crippen LogP contribution in [0.5, 0.6) is 5.75 Å². The van der Waals surface area contributed by atoms with E-state index in [1.807, 2.05) is 0 Å². The molecule has 0 amide bonds. The van der Waals surface area contributed by atoms with E-state index < -0.39 is 12.5 Å². The molecule has 0 bridgehead atoms. The Bertz CT molecular complexity index is 274. The number of hydrogen-bond acceptors (Lipinski definition) is 1. The minimum Gasteiger partial charge on any atom is -0.484 e. The average molecular weight is 265 g/mol. The number of hydrogen-bond donors (Lipinski definition) is 0. The van der Waals surface area contributed by atoms with E-state index in [1.165, 1.54) is 0 Å². The van der Waals surface area contributed by atoms with Crippen molar-refractivity contribution in [3.63, 3.8) is 0 Å². The van der Waals surface area contributed by atoms with Gasteiger partial charge in [0, 0.05) is 4.47 Å². The highest BCUT2D eigenvalue weighted by molar-refractivity contribution is 9.10. The fourth-order valence-electron chi connectivity index (χ4n) is 1.00. The molecule has 1 rings (SSSR count). The number of halogens is 3. The third kappa shape index (κ3) is 3.25. The summed E-state index contributed by atoms with van der Waals surface area (Å²) >= 11 is 3.25. The van der Waals surface area contributed by atoms with Gasteiger partial charge in [-0.25, -0.2) is 8.78 Å². The second kappa shape index (κ2) is 5.29. The molecule has 1 aromatic rings. The lowest BCUT2D eigenvalue weighted by atomic mass is 10.3. The molecule has 0 aliphatic rings. The molecule has 0 aliphatic heterocycles. The summed E-state index contributed by atoms with van der Waals surface area (Å²) < 4.78 is 30.7. The maximum atomic E-state index is 12.3. The van der Waals surface area contributed by atoms with Crippen molar-refractivity contribution in [2.45, 2.75) is 25.9 Å². The largest absolute Gasteiger partial charge is 0.484 e. The van der Waals surface area contributed by atoms with Crippen LogP contribution < -0.4 is 4.74 Å². The second-order valence-electron chi connectivity index (χ2n) is 2.85. The lowest BCUT2D eigenvalue weighted by molar-refractivity contribution is 0.00987. The van der Waals surface area contributed by atoms with E-state index in [0.29, 0.717) is 12.2 Å². The normalized spacial score (nSPS) is 12.9. The van der Waals surface area contributed by atoms with Crippen molar-refractivity contribution in [2.75, 3.05) is 0 Å². The van der Waals surface area contributed by atoms with Crippen LogP contribution in [0.25, 0.3) is 0 Å². The molecule has 4 heteroatoms. The third-order valence-electron chi connectivity index (χ3n) is 1.78. The van der Waals surface area contributed by atoms with E-state index in [4.69, 9.17) is 4.74 Å². The van der Waals surface area contributed by atoms with Gasteiger partial charge in [-0.1, -0.05) is 22.9 Å². The van der Waals surface area contributed by atoms with Gasteiger partial charge in [0.15, 0.2) is 6.10 Å². The van der Waals surface area contributed by atoms with E-state index in [1.54, 1.807) is 31.2 Å². The first kappa shape index (κ1) is 11.4. The molecule has 0 radical (unpaired) electrons. The highest BCUT2D eigenvalue weighted by atomic mass is 79.9. The molecule has 0 aromatic heterocycles. The minimum absolute atomic E-state index is 0.299.